The Labute approximate surface area is 143 Å². The van der Waals surface area contributed by atoms with Crippen LogP contribution in [0.15, 0.2) is 59.5 Å². The molecule has 0 aliphatic heterocycles. The number of nitrogens with one attached hydrogen (secondary N) is 2. The summed E-state index contributed by atoms with van der Waals surface area (Å²) in [4.78, 5) is 12.0. The van der Waals surface area contributed by atoms with Crippen molar-refractivity contribution in [2.24, 2.45) is 0 Å². The second-order valence-electron chi connectivity index (χ2n) is 4.52. The lowest BCUT2D eigenvalue weighted by Gasteiger charge is -2.08. The monoisotopic (exact) mass is 430 g/mol. The number of sulfonamides is 1. The molecule has 0 saturated heterocycles. The number of benzene rings is 2. The molecule has 2 rings (SSSR count). The standard InChI is InChI=1S/C15H15IN2O3S/c16-12-5-4-6-13(11-12)18-15(19)9-10-17-22(20,21)14-7-2-1-3-8-14/h1-8,11,17H,9-10H2,(H,18,19). The SMILES string of the molecule is O=C(CCNS(=O)(=O)c1ccccc1)Nc1cccc(I)c1. The highest BCUT2D eigenvalue weighted by Crippen LogP contribution is 2.12. The number of anilines is 1. The maximum Gasteiger partial charge on any atom is 0.240 e. The van der Waals surface area contributed by atoms with Gasteiger partial charge in [0.25, 0.3) is 0 Å². The molecule has 116 valence electrons. The zero-order valence-electron chi connectivity index (χ0n) is 11.6. The Kier molecular flexibility index (Phi) is 5.92. The van der Waals surface area contributed by atoms with Gasteiger partial charge in [0.05, 0.1) is 4.90 Å². The van der Waals surface area contributed by atoms with Gasteiger partial charge in [0.2, 0.25) is 15.9 Å². The van der Waals surface area contributed by atoms with E-state index in [-0.39, 0.29) is 23.8 Å². The van der Waals surface area contributed by atoms with Crippen molar-refractivity contribution < 1.29 is 13.2 Å². The Bertz CT molecular complexity index is 748. The number of carbonyl (C=O) groups is 1. The Balaban J connectivity index is 1.85. The lowest BCUT2D eigenvalue weighted by Crippen LogP contribution is -2.27. The van der Waals surface area contributed by atoms with Gasteiger partial charge in [-0.25, -0.2) is 13.1 Å². The Morgan fingerprint density at radius 2 is 1.77 bits per heavy atom. The van der Waals surface area contributed by atoms with Crippen LogP contribution < -0.4 is 10.0 Å². The van der Waals surface area contributed by atoms with E-state index in [1.165, 1.54) is 12.1 Å². The quantitative estimate of drug-likeness (QED) is 0.692. The van der Waals surface area contributed by atoms with Crippen LogP contribution in [0, 0.1) is 3.57 Å². The predicted octanol–water partition coefficient (Wildman–Crippen LogP) is 2.60. The van der Waals surface area contributed by atoms with Crippen LogP contribution in [-0.4, -0.2) is 20.9 Å². The average molecular weight is 430 g/mol. The highest BCUT2D eigenvalue weighted by molar-refractivity contribution is 14.1. The second kappa shape index (κ2) is 7.70. The van der Waals surface area contributed by atoms with Crippen molar-refractivity contribution in [3.63, 3.8) is 0 Å². The van der Waals surface area contributed by atoms with Crippen LogP contribution in [0.4, 0.5) is 5.69 Å². The largest absolute Gasteiger partial charge is 0.326 e. The molecule has 0 spiro atoms. The summed E-state index contributed by atoms with van der Waals surface area (Å²) >= 11 is 2.15. The highest BCUT2D eigenvalue weighted by atomic mass is 127. The minimum Gasteiger partial charge on any atom is -0.326 e. The number of amides is 1. The third kappa shape index (κ3) is 5.08. The van der Waals surface area contributed by atoms with E-state index < -0.39 is 10.0 Å². The van der Waals surface area contributed by atoms with Gasteiger partial charge in [0, 0.05) is 22.2 Å². The van der Waals surface area contributed by atoms with Gasteiger partial charge < -0.3 is 5.32 Å². The summed E-state index contributed by atoms with van der Waals surface area (Å²) < 4.78 is 27.4. The van der Waals surface area contributed by atoms with Crippen molar-refractivity contribution in [1.29, 1.82) is 0 Å². The molecule has 0 fully saturated rings. The van der Waals surface area contributed by atoms with Gasteiger partial charge in [-0.15, -0.1) is 0 Å². The van der Waals surface area contributed by atoms with Crippen molar-refractivity contribution in [2.45, 2.75) is 11.3 Å². The number of rotatable bonds is 6. The van der Waals surface area contributed by atoms with Gasteiger partial charge in [-0.2, -0.15) is 0 Å². The van der Waals surface area contributed by atoms with Crippen LogP contribution in [0.2, 0.25) is 0 Å². The first-order chi connectivity index (χ1) is 10.5. The van der Waals surface area contributed by atoms with E-state index >= 15 is 0 Å². The number of halogens is 1. The molecule has 0 heterocycles. The molecule has 2 aromatic rings. The minimum absolute atomic E-state index is 0.0486. The molecule has 2 aromatic carbocycles. The molecule has 22 heavy (non-hydrogen) atoms. The molecule has 0 aliphatic rings. The summed E-state index contributed by atoms with van der Waals surface area (Å²) in [7, 11) is -3.57. The van der Waals surface area contributed by atoms with Crippen LogP contribution in [0.1, 0.15) is 6.42 Å². The average Bonchev–Trinajstić information content (AvgIpc) is 2.48. The van der Waals surface area contributed by atoms with Gasteiger partial charge in [-0.05, 0) is 52.9 Å². The maximum absolute atomic E-state index is 12.0. The summed E-state index contributed by atoms with van der Waals surface area (Å²) in [5.41, 5.74) is 0.697. The Morgan fingerprint density at radius 3 is 2.45 bits per heavy atom. The zero-order valence-corrected chi connectivity index (χ0v) is 14.6. The molecular formula is C15H15IN2O3S. The fourth-order valence-electron chi connectivity index (χ4n) is 1.77. The van der Waals surface area contributed by atoms with E-state index in [2.05, 4.69) is 32.6 Å². The van der Waals surface area contributed by atoms with Crippen molar-refractivity contribution >= 4 is 44.2 Å². The summed E-state index contributed by atoms with van der Waals surface area (Å²) in [6.07, 6.45) is 0.0670. The normalized spacial score (nSPS) is 11.1. The molecule has 0 aromatic heterocycles. The van der Waals surface area contributed by atoms with E-state index in [9.17, 15) is 13.2 Å². The Hall–Kier alpha value is -1.45. The molecule has 0 radical (unpaired) electrons. The van der Waals surface area contributed by atoms with E-state index in [1.807, 2.05) is 18.2 Å². The molecule has 0 atom stereocenters. The van der Waals surface area contributed by atoms with Gasteiger partial charge in [0.15, 0.2) is 0 Å². The van der Waals surface area contributed by atoms with Crippen LogP contribution >= 0.6 is 22.6 Å². The second-order valence-corrected chi connectivity index (χ2v) is 7.53. The van der Waals surface area contributed by atoms with E-state index in [1.54, 1.807) is 24.3 Å². The van der Waals surface area contributed by atoms with Crippen LogP contribution in [0.25, 0.3) is 0 Å². The summed E-state index contributed by atoms with van der Waals surface area (Å²) in [5, 5.41) is 2.73. The molecule has 0 bridgehead atoms. The molecule has 1 amide bonds. The van der Waals surface area contributed by atoms with Crippen LogP contribution in [0.5, 0.6) is 0 Å². The molecule has 0 saturated carbocycles. The van der Waals surface area contributed by atoms with Crippen LogP contribution in [-0.2, 0) is 14.8 Å². The van der Waals surface area contributed by atoms with Crippen molar-refractivity contribution in [3.05, 3.63) is 58.2 Å². The van der Waals surface area contributed by atoms with Crippen LogP contribution in [0.3, 0.4) is 0 Å². The minimum atomic E-state index is -3.57. The van der Waals surface area contributed by atoms with E-state index in [4.69, 9.17) is 0 Å². The van der Waals surface area contributed by atoms with Crippen molar-refractivity contribution in [2.75, 3.05) is 11.9 Å². The third-order valence-electron chi connectivity index (χ3n) is 2.81. The number of carbonyl (C=O) groups excluding carboxylic acids is 1. The number of hydrogen-bond acceptors (Lipinski definition) is 3. The van der Waals surface area contributed by atoms with Crippen molar-refractivity contribution in [3.8, 4) is 0 Å². The molecule has 5 nitrogen and oxygen atoms in total. The first-order valence-electron chi connectivity index (χ1n) is 6.57. The zero-order chi connectivity index (χ0) is 16.0. The first-order valence-corrected chi connectivity index (χ1v) is 9.14. The maximum atomic E-state index is 12.0. The fraction of sp³-hybridized carbons (Fsp3) is 0.133. The number of hydrogen-bond donors (Lipinski definition) is 2. The van der Waals surface area contributed by atoms with Gasteiger partial charge in [0.1, 0.15) is 0 Å². The van der Waals surface area contributed by atoms with Gasteiger partial charge >= 0.3 is 0 Å². The van der Waals surface area contributed by atoms with E-state index in [0.29, 0.717) is 5.69 Å². The first kappa shape index (κ1) is 16.9. The third-order valence-corrected chi connectivity index (χ3v) is 4.95. The molecule has 0 aliphatic carbocycles. The van der Waals surface area contributed by atoms with Crippen molar-refractivity contribution in [1.82, 2.24) is 4.72 Å². The summed E-state index contributed by atoms with van der Waals surface area (Å²) in [5.74, 6) is -0.238. The highest BCUT2D eigenvalue weighted by Gasteiger charge is 2.13. The predicted molar refractivity (Wildman–Crippen MR) is 94.0 cm³/mol. The summed E-state index contributed by atoms with van der Waals surface area (Å²) in [6.45, 7) is 0.0486. The lowest BCUT2D eigenvalue weighted by atomic mass is 10.3. The fourth-order valence-corrected chi connectivity index (χ4v) is 3.37. The topological polar surface area (TPSA) is 75.3 Å². The molecule has 0 unspecified atom stereocenters. The molecular weight excluding hydrogens is 415 g/mol. The van der Waals surface area contributed by atoms with E-state index in [0.717, 1.165) is 3.57 Å². The van der Waals surface area contributed by atoms with Gasteiger partial charge in [-0.3, -0.25) is 4.79 Å². The molecule has 7 heteroatoms. The Morgan fingerprint density at radius 1 is 1.05 bits per heavy atom. The summed E-state index contributed by atoms with van der Waals surface area (Å²) in [6, 6.07) is 15.5. The molecule has 2 N–H and O–H groups in total. The lowest BCUT2D eigenvalue weighted by molar-refractivity contribution is -0.116. The van der Waals surface area contributed by atoms with Gasteiger partial charge in [-0.1, -0.05) is 24.3 Å². The smallest absolute Gasteiger partial charge is 0.240 e.